The summed E-state index contributed by atoms with van der Waals surface area (Å²) in [4.78, 5) is 70.6. The first-order valence-electron chi connectivity index (χ1n) is 13.3. The van der Waals surface area contributed by atoms with Gasteiger partial charge in [-0.15, -0.1) is 0 Å². The first-order valence-corrected chi connectivity index (χ1v) is 13.3. The van der Waals surface area contributed by atoms with Gasteiger partial charge in [-0.2, -0.15) is 0 Å². The van der Waals surface area contributed by atoms with Gasteiger partial charge in [0.2, 0.25) is 23.6 Å². The molecule has 0 aliphatic carbocycles. The summed E-state index contributed by atoms with van der Waals surface area (Å²) in [6.45, 7) is 2.31. The maximum atomic E-state index is 14.3. The van der Waals surface area contributed by atoms with E-state index < -0.39 is 29.7 Å². The highest BCUT2D eigenvalue weighted by molar-refractivity contribution is 5.99. The van der Waals surface area contributed by atoms with E-state index in [0.717, 1.165) is 12.1 Å². The zero-order valence-electron chi connectivity index (χ0n) is 23.7. The number of hydrogen-bond donors (Lipinski definition) is 2. The van der Waals surface area contributed by atoms with Crippen LogP contribution in [0.25, 0.3) is 0 Å². The lowest BCUT2D eigenvalue weighted by Gasteiger charge is -2.28. The summed E-state index contributed by atoms with van der Waals surface area (Å²) >= 11 is 0. The van der Waals surface area contributed by atoms with E-state index in [4.69, 9.17) is 4.74 Å². The predicted molar refractivity (Wildman–Crippen MR) is 144 cm³/mol. The van der Waals surface area contributed by atoms with Gasteiger partial charge in [0.25, 0.3) is 5.91 Å². The van der Waals surface area contributed by atoms with Gasteiger partial charge in [0.1, 0.15) is 24.2 Å². The van der Waals surface area contributed by atoms with Crippen molar-refractivity contribution in [3.63, 3.8) is 0 Å². The molecular formula is C27H39FN6O6. The third-order valence-electron chi connectivity index (χ3n) is 7.12. The summed E-state index contributed by atoms with van der Waals surface area (Å²) in [6, 6.07) is 1.76. The zero-order chi connectivity index (χ0) is 29.6. The van der Waals surface area contributed by atoms with E-state index in [0.29, 0.717) is 19.5 Å². The van der Waals surface area contributed by atoms with Gasteiger partial charge in [-0.1, -0.05) is 0 Å². The third-order valence-corrected chi connectivity index (χ3v) is 7.12. The molecule has 1 saturated heterocycles. The Kier molecular flexibility index (Phi) is 10.4. The largest absolute Gasteiger partial charge is 0.491 e. The smallest absolute Gasteiger partial charge is 0.258 e. The molecule has 220 valence electrons. The Labute approximate surface area is 233 Å². The fraction of sp³-hybridized carbons (Fsp3) is 0.593. The van der Waals surface area contributed by atoms with Gasteiger partial charge in [-0.25, -0.2) is 4.39 Å². The second kappa shape index (κ2) is 13.6. The standard InChI is InChI=1S/C27H39FN6O6/c1-17(35)30-19-13-20-16-40-23-8-6-18(28)12-21(23)27(39)33(5)22(26(38)29-10-11-31(2)3)7-9-24(36)32(4)15-25(37)34(20)14-19/h6,8,12,19-20,22H,7,9-11,13-16H2,1-5H3,(H,29,38)(H,30,35)/t19-,20-,22-/m0/s1. The van der Waals surface area contributed by atoms with E-state index in [1.165, 1.54) is 36.9 Å². The van der Waals surface area contributed by atoms with E-state index in [2.05, 4.69) is 10.6 Å². The number of carbonyl (C=O) groups excluding carboxylic acids is 5. The van der Waals surface area contributed by atoms with Gasteiger partial charge < -0.3 is 35.0 Å². The van der Waals surface area contributed by atoms with E-state index in [9.17, 15) is 28.4 Å². The molecule has 13 heteroatoms. The maximum Gasteiger partial charge on any atom is 0.258 e. The minimum Gasteiger partial charge on any atom is -0.491 e. The monoisotopic (exact) mass is 562 g/mol. The number of benzene rings is 1. The molecule has 12 nitrogen and oxygen atoms in total. The SMILES string of the molecule is CC(=O)N[C@H]1C[C@H]2COc3ccc(F)cc3C(=O)N(C)[C@H](C(=O)NCCN(C)C)CCC(=O)N(C)CC(=O)N2C1. The highest BCUT2D eigenvalue weighted by atomic mass is 19.1. The number of amides is 5. The number of likely N-dealkylation sites (N-methyl/N-ethyl adjacent to an activating group) is 3. The van der Waals surface area contributed by atoms with Crippen molar-refractivity contribution in [2.75, 3.05) is 61.0 Å². The minimum atomic E-state index is -1.02. The molecule has 0 saturated carbocycles. The molecular weight excluding hydrogens is 523 g/mol. The van der Waals surface area contributed by atoms with Crippen LogP contribution < -0.4 is 15.4 Å². The molecule has 2 N–H and O–H groups in total. The van der Waals surface area contributed by atoms with Crippen molar-refractivity contribution in [1.82, 2.24) is 30.2 Å². The van der Waals surface area contributed by atoms with Gasteiger partial charge in [-0.05, 0) is 45.1 Å². The Balaban J connectivity index is 1.94. The maximum absolute atomic E-state index is 14.3. The molecule has 2 aliphatic heterocycles. The molecule has 1 aromatic rings. The average Bonchev–Trinajstić information content (AvgIpc) is 3.28. The van der Waals surface area contributed by atoms with Crippen LogP contribution in [0.1, 0.15) is 36.5 Å². The first kappa shape index (κ1) is 30.8. The molecule has 2 aliphatic rings. The molecule has 1 fully saturated rings. The summed E-state index contributed by atoms with van der Waals surface area (Å²) in [5.74, 6) is -2.57. The van der Waals surface area contributed by atoms with Crippen LogP contribution in [0.3, 0.4) is 0 Å². The summed E-state index contributed by atoms with van der Waals surface area (Å²) in [7, 11) is 6.65. The number of carbonyl (C=O) groups is 5. The highest BCUT2D eigenvalue weighted by Crippen LogP contribution is 2.26. The van der Waals surface area contributed by atoms with Gasteiger partial charge in [0, 0.05) is 53.1 Å². The van der Waals surface area contributed by atoms with E-state index >= 15 is 0 Å². The Hall–Kier alpha value is -3.74. The summed E-state index contributed by atoms with van der Waals surface area (Å²) in [5, 5.41) is 5.62. The minimum absolute atomic E-state index is 0.00411. The molecule has 3 rings (SSSR count). The summed E-state index contributed by atoms with van der Waals surface area (Å²) in [5.41, 5.74) is -0.0822. The van der Waals surface area contributed by atoms with Crippen LogP contribution >= 0.6 is 0 Å². The van der Waals surface area contributed by atoms with Crippen molar-refractivity contribution in [3.05, 3.63) is 29.6 Å². The van der Waals surface area contributed by atoms with Crippen LogP contribution in [0.2, 0.25) is 0 Å². The lowest BCUT2D eigenvalue weighted by molar-refractivity contribution is -0.140. The average molecular weight is 563 g/mol. The normalized spacial score (nSPS) is 22.7. The van der Waals surface area contributed by atoms with E-state index in [1.54, 1.807) is 4.90 Å². The second-order valence-electron chi connectivity index (χ2n) is 10.6. The molecule has 0 unspecified atom stereocenters. The lowest BCUT2D eigenvalue weighted by atomic mass is 10.1. The van der Waals surface area contributed by atoms with Crippen LogP contribution in [0, 0.1) is 5.82 Å². The van der Waals surface area contributed by atoms with Crippen LogP contribution in [0.15, 0.2) is 18.2 Å². The Morgan fingerprint density at radius 2 is 1.88 bits per heavy atom. The van der Waals surface area contributed by atoms with Gasteiger partial charge in [0.15, 0.2) is 0 Å². The van der Waals surface area contributed by atoms with Gasteiger partial charge >= 0.3 is 0 Å². The molecule has 1 aromatic carbocycles. The number of fused-ring (bicyclic) bond motifs is 2. The van der Waals surface area contributed by atoms with Gasteiger partial charge in [0.05, 0.1) is 18.2 Å². The lowest BCUT2D eigenvalue weighted by Crippen LogP contribution is -2.49. The Morgan fingerprint density at radius 3 is 2.55 bits per heavy atom. The summed E-state index contributed by atoms with van der Waals surface area (Å²) in [6.07, 6.45) is 0.302. The molecule has 0 aromatic heterocycles. The van der Waals surface area contributed by atoms with Crippen molar-refractivity contribution < 1.29 is 33.1 Å². The number of hydrogen-bond acceptors (Lipinski definition) is 7. The number of ether oxygens (including phenoxy) is 1. The van der Waals surface area contributed by atoms with Crippen LogP contribution in [-0.2, 0) is 19.2 Å². The van der Waals surface area contributed by atoms with E-state index in [-0.39, 0.29) is 67.6 Å². The number of halogens is 1. The fourth-order valence-electron chi connectivity index (χ4n) is 4.94. The Morgan fingerprint density at radius 1 is 1.15 bits per heavy atom. The molecule has 0 spiro atoms. The van der Waals surface area contributed by atoms with Crippen molar-refractivity contribution in [2.24, 2.45) is 0 Å². The predicted octanol–water partition coefficient (Wildman–Crippen LogP) is -0.319. The second-order valence-corrected chi connectivity index (χ2v) is 10.6. The fourth-order valence-corrected chi connectivity index (χ4v) is 4.94. The number of nitrogens with zero attached hydrogens (tertiary/aromatic N) is 4. The van der Waals surface area contributed by atoms with Crippen molar-refractivity contribution >= 4 is 29.5 Å². The molecule has 0 radical (unpaired) electrons. The third kappa shape index (κ3) is 7.90. The molecule has 40 heavy (non-hydrogen) atoms. The zero-order valence-corrected chi connectivity index (χ0v) is 23.7. The van der Waals surface area contributed by atoms with E-state index in [1.807, 2.05) is 19.0 Å². The molecule has 2 heterocycles. The van der Waals surface area contributed by atoms with Crippen molar-refractivity contribution in [3.8, 4) is 5.75 Å². The number of nitrogens with one attached hydrogen (secondary N) is 2. The molecule has 5 amide bonds. The molecule has 0 bridgehead atoms. The van der Waals surface area contributed by atoms with Crippen molar-refractivity contribution in [2.45, 2.75) is 44.3 Å². The number of rotatable bonds is 5. The van der Waals surface area contributed by atoms with Crippen molar-refractivity contribution in [1.29, 1.82) is 0 Å². The highest BCUT2D eigenvalue weighted by Gasteiger charge is 2.38. The van der Waals surface area contributed by atoms with Crippen LogP contribution in [-0.4, -0.2) is 128 Å². The molecule has 3 atom stereocenters. The van der Waals surface area contributed by atoms with Crippen LogP contribution in [0.5, 0.6) is 5.75 Å². The Bertz CT molecular complexity index is 1130. The first-order chi connectivity index (χ1) is 18.9. The topological polar surface area (TPSA) is 132 Å². The quantitative estimate of drug-likeness (QED) is 0.503. The summed E-state index contributed by atoms with van der Waals surface area (Å²) < 4.78 is 20.3. The van der Waals surface area contributed by atoms with Crippen LogP contribution in [0.4, 0.5) is 4.39 Å². The van der Waals surface area contributed by atoms with Gasteiger partial charge in [-0.3, -0.25) is 24.0 Å².